The molecule has 0 fully saturated rings. The first-order valence-electron chi connectivity index (χ1n) is 5.55. The van der Waals surface area contributed by atoms with Crippen molar-refractivity contribution in [2.45, 2.75) is 32.2 Å². The second-order valence-electron chi connectivity index (χ2n) is 3.89. The van der Waals surface area contributed by atoms with E-state index in [9.17, 15) is 9.59 Å². The van der Waals surface area contributed by atoms with Crippen molar-refractivity contribution < 1.29 is 14.7 Å². The summed E-state index contributed by atoms with van der Waals surface area (Å²) < 4.78 is 1.50. The molecule has 0 bridgehead atoms. The third-order valence-corrected chi connectivity index (χ3v) is 2.37. The molecule has 0 aliphatic carbocycles. The Morgan fingerprint density at radius 3 is 2.76 bits per heavy atom. The molecule has 1 unspecified atom stereocenters. The maximum atomic E-state index is 11.5. The minimum Gasteiger partial charge on any atom is -0.479 e. The first-order chi connectivity index (χ1) is 8.04. The number of amides is 1. The lowest BCUT2D eigenvalue weighted by molar-refractivity contribution is -0.142. The van der Waals surface area contributed by atoms with Crippen LogP contribution >= 0.6 is 0 Å². The molecule has 1 atom stereocenters. The van der Waals surface area contributed by atoms with Crippen LogP contribution < -0.4 is 5.32 Å². The van der Waals surface area contributed by atoms with Gasteiger partial charge in [0.2, 0.25) is 5.91 Å². The number of carbonyl (C=O) groups is 2. The predicted molar refractivity (Wildman–Crippen MR) is 61.3 cm³/mol. The molecule has 0 aliphatic rings. The number of aromatic nitrogens is 2. The molecule has 1 rings (SSSR count). The summed E-state index contributed by atoms with van der Waals surface area (Å²) in [6, 6.07) is -1.02. The second kappa shape index (κ2) is 6.03. The van der Waals surface area contributed by atoms with Crippen molar-refractivity contribution >= 4 is 11.9 Å². The number of carbonyl (C=O) groups excluding carboxylic acids is 1. The van der Waals surface area contributed by atoms with E-state index in [1.165, 1.54) is 10.9 Å². The summed E-state index contributed by atoms with van der Waals surface area (Å²) in [5, 5.41) is 15.4. The number of rotatable bonds is 6. The van der Waals surface area contributed by atoms with E-state index >= 15 is 0 Å². The van der Waals surface area contributed by atoms with Crippen LogP contribution in [0.3, 0.4) is 0 Å². The zero-order valence-corrected chi connectivity index (χ0v) is 10.0. The van der Waals surface area contributed by atoms with Gasteiger partial charge in [0.15, 0.2) is 6.04 Å². The van der Waals surface area contributed by atoms with Crippen molar-refractivity contribution in [1.29, 1.82) is 0 Å². The minimum atomic E-state index is -1.08. The van der Waals surface area contributed by atoms with Crippen molar-refractivity contribution in [3.8, 4) is 0 Å². The van der Waals surface area contributed by atoms with E-state index < -0.39 is 12.0 Å². The van der Waals surface area contributed by atoms with Gasteiger partial charge in [0.1, 0.15) is 0 Å². The summed E-state index contributed by atoms with van der Waals surface area (Å²) in [4.78, 5) is 22.6. The zero-order valence-electron chi connectivity index (χ0n) is 10.0. The minimum absolute atomic E-state index is 0.247. The fourth-order valence-electron chi connectivity index (χ4n) is 1.45. The molecule has 0 saturated heterocycles. The molecule has 1 heterocycles. The standard InChI is InChI=1S/C11H17N3O3/c1-3-4-5-9(15)13-10(11(16)17)8-6-12-14(2)7-8/h6-7,10H,3-5H2,1-2H3,(H,13,15)(H,16,17). The summed E-state index contributed by atoms with van der Waals surface area (Å²) in [6.45, 7) is 1.98. The fourth-order valence-corrected chi connectivity index (χ4v) is 1.45. The van der Waals surface area contributed by atoms with Gasteiger partial charge in [-0.05, 0) is 6.42 Å². The number of unbranched alkanes of at least 4 members (excludes halogenated alkanes) is 1. The Morgan fingerprint density at radius 2 is 2.29 bits per heavy atom. The Morgan fingerprint density at radius 1 is 1.59 bits per heavy atom. The Labute approximate surface area is 99.6 Å². The van der Waals surface area contributed by atoms with Gasteiger partial charge in [-0.3, -0.25) is 9.48 Å². The quantitative estimate of drug-likeness (QED) is 0.770. The van der Waals surface area contributed by atoms with E-state index in [1.54, 1.807) is 13.2 Å². The van der Waals surface area contributed by atoms with Gasteiger partial charge in [0, 0.05) is 25.2 Å². The Hall–Kier alpha value is -1.85. The molecule has 94 valence electrons. The summed E-state index contributed by atoms with van der Waals surface area (Å²) in [7, 11) is 1.70. The Balaban J connectivity index is 2.67. The fraction of sp³-hybridized carbons (Fsp3) is 0.545. The predicted octanol–water partition coefficient (Wildman–Crippen LogP) is 0.852. The molecular weight excluding hydrogens is 222 g/mol. The van der Waals surface area contributed by atoms with E-state index in [4.69, 9.17) is 5.11 Å². The summed E-state index contributed by atoms with van der Waals surface area (Å²) in [5.74, 6) is -1.33. The van der Waals surface area contributed by atoms with Crippen LogP contribution in [0.4, 0.5) is 0 Å². The number of hydrogen-bond donors (Lipinski definition) is 2. The maximum Gasteiger partial charge on any atom is 0.331 e. The highest BCUT2D eigenvalue weighted by atomic mass is 16.4. The molecule has 1 aromatic rings. The second-order valence-corrected chi connectivity index (χ2v) is 3.89. The number of nitrogens with zero attached hydrogens (tertiary/aromatic N) is 2. The SMILES string of the molecule is CCCCC(=O)NC(C(=O)O)c1cnn(C)c1. The van der Waals surface area contributed by atoms with Gasteiger partial charge >= 0.3 is 5.97 Å². The monoisotopic (exact) mass is 239 g/mol. The maximum absolute atomic E-state index is 11.5. The van der Waals surface area contributed by atoms with E-state index in [2.05, 4.69) is 10.4 Å². The third kappa shape index (κ3) is 3.90. The first kappa shape index (κ1) is 13.2. The van der Waals surface area contributed by atoms with Crippen molar-refractivity contribution in [1.82, 2.24) is 15.1 Å². The van der Waals surface area contributed by atoms with Crippen LogP contribution in [-0.4, -0.2) is 26.8 Å². The van der Waals surface area contributed by atoms with Crippen LogP contribution in [0.5, 0.6) is 0 Å². The van der Waals surface area contributed by atoms with Crippen LogP contribution in [0.15, 0.2) is 12.4 Å². The molecule has 0 radical (unpaired) electrons. The zero-order chi connectivity index (χ0) is 12.8. The average molecular weight is 239 g/mol. The Kier molecular flexibility index (Phi) is 4.68. The van der Waals surface area contributed by atoms with Crippen molar-refractivity contribution in [2.24, 2.45) is 7.05 Å². The lowest BCUT2D eigenvalue weighted by Gasteiger charge is -2.12. The van der Waals surface area contributed by atoms with E-state index in [0.717, 1.165) is 12.8 Å². The molecule has 1 amide bonds. The molecule has 0 spiro atoms. The van der Waals surface area contributed by atoms with Gasteiger partial charge in [-0.25, -0.2) is 4.79 Å². The van der Waals surface area contributed by atoms with Crippen molar-refractivity contribution in [2.75, 3.05) is 0 Å². The molecule has 0 aliphatic heterocycles. The lowest BCUT2D eigenvalue weighted by atomic mass is 10.1. The highest BCUT2D eigenvalue weighted by Gasteiger charge is 2.22. The molecular formula is C11H17N3O3. The third-order valence-electron chi connectivity index (χ3n) is 2.37. The topological polar surface area (TPSA) is 84.2 Å². The van der Waals surface area contributed by atoms with Gasteiger partial charge in [0.25, 0.3) is 0 Å². The number of aliphatic carboxylic acids is 1. The van der Waals surface area contributed by atoms with Crippen molar-refractivity contribution in [3.63, 3.8) is 0 Å². The van der Waals surface area contributed by atoms with E-state index in [-0.39, 0.29) is 5.91 Å². The van der Waals surface area contributed by atoms with Crippen LogP contribution in [0.1, 0.15) is 37.8 Å². The van der Waals surface area contributed by atoms with Crippen LogP contribution in [-0.2, 0) is 16.6 Å². The number of nitrogens with one attached hydrogen (secondary N) is 1. The summed E-state index contributed by atoms with van der Waals surface area (Å²) in [5.41, 5.74) is 0.477. The number of carboxylic acids is 1. The largest absolute Gasteiger partial charge is 0.479 e. The molecule has 17 heavy (non-hydrogen) atoms. The summed E-state index contributed by atoms with van der Waals surface area (Å²) in [6.07, 6.45) is 5.03. The van der Waals surface area contributed by atoms with Crippen LogP contribution in [0.2, 0.25) is 0 Å². The van der Waals surface area contributed by atoms with E-state index in [0.29, 0.717) is 12.0 Å². The van der Waals surface area contributed by atoms with Gasteiger partial charge in [0.05, 0.1) is 6.20 Å². The van der Waals surface area contributed by atoms with Crippen LogP contribution in [0, 0.1) is 0 Å². The summed E-state index contributed by atoms with van der Waals surface area (Å²) >= 11 is 0. The molecule has 0 aromatic carbocycles. The van der Waals surface area contributed by atoms with Gasteiger partial charge in [-0.2, -0.15) is 5.10 Å². The molecule has 1 aromatic heterocycles. The van der Waals surface area contributed by atoms with Crippen LogP contribution in [0.25, 0.3) is 0 Å². The normalized spacial score (nSPS) is 12.1. The average Bonchev–Trinajstić information content (AvgIpc) is 2.69. The lowest BCUT2D eigenvalue weighted by Crippen LogP contribution is -2.33. The number of aryl methyl sites for hydroxylation is 1. The van der Waals surface area contributed by atoms with E-state index in [1.807, 2.05) is 6.92 Å². The molecule has 6 heteroatoms. The molecule has 6 nitrogen and oxygen atoms in total. The first-order valence-corrected chi connectivity index (χ1v) is 5.55. The van der Waals surface area contributed by atoms with Gasteiger partial charge < -0.3 is 10.4 Å². The Bertz CT molecular complexity index is 400. The number of carboxylic acid groups (broad SMARTS) is 1. The highest BCUT2D eigenvalue weighted by Crippen LogP contribution is 2.12. The molecule has 0 saturated carbocycles. The number of hydrogen-bond acceptors (Lipinski definition) is 3. The van der Waals surface area contributed by atoms with Gasteiger partial charge in [-0.1, -0.05) is 13.3 Å². The molecule has 2 N–H and O–H groups in total. The smallest absolute Gasteiger partial charge is 0.331 e. The van der Waals surface area contributed by atoms with Gasteiger partial charge in [-0.15, -0.1) is 0 Å². The van der Waals surface area contributed by atoms with Crippen molar-refractivity contribution in [3.05, 3.63) is 18.0 Å². The highest BCUT2D eigenvalue weighted by molar-refractivity contribution is 5.84.